The summed E-state index contributed by atoms with van der Waals surface area (Å²) in [6.07, 6.45) is 4.73. The Morgan fingerprint density at radius 3 is 2.09 bits per heavy atom. The summed E-state index contributed by atoms with van der Waals surface area (Å²) >= 11 is 1.81. The Labute approximate surface area is 138 Å². The monoisotopic (exact) mass is 337 g/mol. The maximum Gasteiger partial charge on any atom is 0.220 e. The normalized spacial score (nSPS) is 10.8. The van der Waals surface area contributed by atoms with E-state index in [1.54, 1.807) is 7.11 Å². The van der Waals surface area contributed by atoms with Crippen molar-refractivity contribution in [2.45, 2.75) is 19.3 Å². The van der Waals surface area contributed by atoms with Gasteiger partial charge in [-0.3, -0.25) is 4.79 Å². The molecule has 0 fully saturated rings. The van der Waals surface area contributed by atoms with Crippen LogP contribution in [0.2, 0.25) is 0 Å². The van der Waals surface area contributed by atoms with E-state index in [0.717, 1.165) is 18.6 Å². The third-order valence-electron chi connectivity index (χ3n) is 2.75. The largest absolute Gasteiger partial charge is 0.382 e. The number of amides is 1. The van der Waals surface area contributed by atoms with E-state index < -0.39 is 0 Å². The van der Waals surface area contributed by atoms with Crippen molar-refractivity contribution in [3.05, 3.63) is 0 Å². The zero-order chi connectivity index (χ0) is 16.3. The van der Waals surface area contributed by atoms with Crippen LogP contribution in [0, 0.1) is 0 Å². The summed E-state index contributed by atoms with van der Waals surface area (Å²) in [5.74, 6) is 1.22. The third-order valence-corrected chi connectivity index (χ3v) is 3.44. The summed E-state index contributed by atoms with van der Waals surface area (Å²) in [5, 5.41) is 2.85. The van der Waals surface area contributed by atoms with E-state index in [9.17, 15) is 4.79 Å². The van der Waals surface area contributed by atoms with Gasteiger partial charge in [-0.1, -0.05) is 0 Å². The molecule has 0 spiro atoms. The third kappa shape index (κ3) is 17.7. The molecule has 0 aliphatic heterocycles. The molecular weight excluding hydrogens is 306 g/mol. The Kier molecular flexibility index (Phi) is 18.4. The number of methoxy groups -OCH3 is 1. The molecule has 1 N–H and O–H groups in total. The number of hydrogen-bond acceptors (Lipinski definition) is 6. The number of carbonyl (C=O) groups is 1. The fourth-order valence-electron chi connectivity index (χ4n) is 1.57. The molecule has 0 saturated carbocycles. The number of ether oxygens (including phenoxy) is 4. The number of carbonyl (C=O) groups excluding carboxylic acids is 1. The Bertz CT molecular complexity index is 244. The smallest absolute Gasteiger partial charge is 0.220 e. The van der Waals surface area contributed by atoms with Crippen molar-refractivity contribution < 1.29 is 23.7 Å². The number of nitrogens with one attached hydrogen (secondary N) is 1. The first kappa shape index (κ1) is 21.7. The van der Waals surface area contributed by atoms with Crippen molar-refractivity contribution in [3.63, 3.8) is 0 Å². The molecule has 0 bridgehead atoms. The molecule has 1 amide bonds. The minimum Gasteiger partial charge on any atom is -0.382 e. The van der Waals surface area contributed by atoms with E-state index in [1.807, 2.05) is 11.8 Å². The summed E-state index contributed by atoms with van der Waals surface area (Å²) < 4.78 is 20.8. The molecule has 0 aromatic carbocycles. The molecule has 0 aromatic heterocycles. The SMILES string of the molecule is COCCOCCOCCOCCNC(=O)CCCCSC. The molecule has 0 rings (SSSR count). The van der Waals surface area contributed by atoms with Crippen LogP contribution in [0.15, 0.2) is 0 Å². The van der Waals surface area contributed by atoms with Crippen LogP contribution in [0.1, 0.15) is 19.3 Å². The van der Waals surface area contributed by atoms with Gasteiger partial charge in [0.2, 0.25) is 5.91 Å². The highest BCUT2D eigenvalue weighted by atomic mass is 32.2. The van der Waals surface area contributed by atoms with Gasteiger partial charge in [-0.05, 0) is 24.9 Å². The van der Waals surface area contributed by atoms with Crippen LogP contribution in [0.4, 0.5) is 0 Å². The Balaban J connectivity index is 3.08. The summed E-state index contributed by atoms with van der Waals surface area (Å²) in [6, 6.07) is 0. The molecule has 22 heavy (non-hydrogen) atoms. The quantitative estimate of drug-likeness (QED) is 0.404. The van der Waals surface area contributed by atoms with Gasteiger partial charge in [0, 0.05) is 20.1 Å². The highest BCUT2D eigenvalue weighted by molar-refractivity contribution is 7.98. The molecule has 0 radical (unpaired) electrons. The lowest BCUT2D eigenvalue weighted by atomic mass is 10.2. The van der Waals surface area contributed by atoms with Gasteiger partial charge < -0.3 is 24.3 Å². The van der Waals surface area contributed by atoms with Crippen LogP contribution in [-0.2, 0) is 23.7 Å². The van der Waals surface area contributed by atoms with E-state index in [1.165, 1.54) is 0 Å². The first-order valence-electron chi connectivity index (χ1n) is 7.79. The van der Waals surface area contributed by atoms with E-state index >= 15 is 0 Å². The van der Waals surface area contributed by atoms with Gasteiger partial charge >= 0.3 is 0 Å². The summed E-state index contributed by atoms with van der Waals surface area (Å²) in [7, 11) is 1.64. The maximum absolute atomic E-state index is 11.5. The molecular formula is C15H31NO5S. The maximum atomic E-state index is 11.5. The lowest BCUT2D eigenvalue weighted by Gasteiger charge is -2.07. The van der Waals surface area contributed by atoms with Gasteiger partial charge in [-0.2, -0.15) is 11.8 Å². The van der Waals surface area contributed by atoms with E-state index in [4.69, 9.17) is 18.9 Å². The standard InChI is InChI=1S/C15H31NO5S/c1-18-8-9-20-12-13-21-11-10-19-7-6-16-15(17)5-3-4-14-22-2/h3-14H2,1-2H3,(H,16,17). The zero-order valence-electron chi connectivity index (χ0n) is 13.9. The fraction of sp³-hybridized carbons (Fsp3) is 0.933. The molecule has 0 unspecified atom stereocenters. The van der Waals surface area contributed by atoms with Gasteiger partial charge in [-0.25, -0.2) is 0 Å². The van der Waals surface area contributed by atoms with Gasteiger partial charge in [0.15, 0.2) is 0 Å². The molecule has 0 heterocycles. The van der Waals surface area contributed by atoms with Crippen molar-refractivity contribution in [2.75, 3.05) is 71.9 Å². The molecule has 0 aromatic rings. The summed E-state index contributed by atoms with van der Waals surface area (Å²) in [5.41, 5.74) is 0. The van der Waals surface area contributed by atoms with E-state index in [0.29, 0.717) is 59.2 Å². The van der Waals surface area contributed by atoms with Crippen LogP contribution >= 0.6 is 11.8 Å². The highest BCUT2D eigenvalue weighted by Gasteiger charge is 2.00. The topological polar surface area (TPSA) is 66.0 Å². The van der Waals surface area contributed by atoms with Gasteiger partial charge in [0.1, 0.15) is 0 Å². The van der Waals surface area contributed by atoms with E-state index in [-0.39, 0.29) is 5.91 Å². The van der Waals surface area contributed by atoms with Crippen LogP contribution in [0.25, 0.3) is 0 Å². The Morgan fingerprint density at radius 2 is 1.50 bits per heavy atom. The second-order valence-corrected chi connectivity index (χ2v) is 5.62. The lowest BCUT2D eigenvalue weighted by Crippen LogP contribution is -2.27. The Morgan fingerprint density at radius 1 is 0.909 bits per heavy atom. The van der Waals surface area contributed by atoms with Crippen LogP contribution in [-0.4, -0.2) is 77.8 Å². The van der Waals surface area contributed by atoms with Gasteiger partial charge in [0.05, 0.1) is 46.2 Å². The summed E-state index contributed by atoms with van der Waals surface area (Å²) in [6.45, 7) is 4.46. The number of unbranched alkanes of at least 4 members (excludes halogenated alkanes) is 1. The average molecular weight is 337 g/mol. The molecule has 6 nitrogen and oxygen atoms in total. The Hall–Kier alpha value is -0.340. The van der Waals surface area contributed by atoms with Crippen molar-refractivity contribution in [1.29, 1.82) is 0 Å². The van der Waals surface area contributed by atoms with Gasteiger partial charge in [-0.15, -0.1) is 0 Å². The predicted molar refractivity (Wildman–Crippen MR) is 89.6 cm³/mol. The molecule has 0 aliphatic rings. The molecule has 0 saturated heterocycles. The molecule has 0 atom stereocenters. The number of rotatable bonds is 17. The minimum absolute atomic E-state index is 0.106. The van der Waals surface area contributed by atoms with Crippen molar-refractivity contribution in [1.82, 2.24) is 5.32 Å². The number of hydrogen-bond donors (Lipinski definition) is 1. The minimum atomic E-state index is 0.106. The second-order valence-electron chi connectivity index (χ2n) is 4.63. The van der Waals surface area contributed by atoms with E-state index in [2.05, 4.69) is 11.6 Å². The summed E-state index contributed by atoms with van der Waals surface area (Å²) in [4.78, 5) is 11.5. The molecule has 132 valence electrons. The first-order chi connectivity index (χ1) is 10.8. The molecule has 7 heteroatoms. The zero-order valence-corrected chi connectivity index (χ0v) is 14.8. The predicted octanol–water partition coefficient (Wildman–Crippen LogP) is 1.33. The average Bonchev–Trinajstić information content (AvgIpc) is 2.52. The highest BCUT2D eigenvalue weighted by Crippen LogP contribution is 2.01. The number of thioether (sulfide) groups is 1. The fourth-order valence-corrected chi connectivity index (χ4v) is 2.06. The van der Waals surface area contributed by atoms with Crippen LogP contribution in [0.3, 0.4) is 0 Å². The van der Waals surface area contributed by atoms with Gasteiger partial charge in [0.25, 0.3) is 0 Å². The van der Waals surface area contributed by atoms with Crippen molar-refractivity contribution in [2.24, 2.45) is 0 Å². The molecule has 0 aliphatic carbocycles. The van der Waals surface area contributed by atoms with Crippen molar-refractivity contribution in [3.8, 4) is 0 Å². The first-order valence-corrected chi connectivity index (χ1v) is 9.18. The van der Waals surface area contributed by atoms with Crippen LogP contribution < -0.4 is 5.32 Å². The lowest BCUT2D eigenvalue weighted by molar-refractivity contribution is -0.121. The van der Waals surface area contributed by atoms with Crippen LogP contribution in [0.5, 0.6) is 0 Å². The van der Waals surface area contributed by atoms with Crippen molar-refractivity contribution >= 4 is 17.7 Å². The second kappa shape index (κ2) is 18.7.